The number of aliphatic hydroxyl groups is 1. The molecule has 0 radical (unpaired) electrons. The molecule has 6 heteroatoms. The number of β-amino-alcohol motifs (C(OH)–C–C–N with tert-alkyl or cyclic N) is 1. The van der Waals surface area contributed by atoms with Crippen LogP contribution in [-0.4, -0.2) is 67.9 Å². The van der Waals surface area contributed by atoms with E-state index in [1.165, 1.54) is 11.3 Å². The van der Waals surface area contributed by atoms with Gasteiger partial charge in [0, 0.05) is 43.5 Å². The van der Waals surface area contributed by atoms with Gasteiger partial charge in [-0.15, -0.1) is 0 Å². The minimum absolute atomic E-state index is 0.0215. The van der Waals surface area contributed by atoms with Crippen LogP contribution in [0, 0.1) is 0 Å². The number of amides is 1. The number of hydrogen-bond donors (Lipinski definition) is 2. The van der Waals surface area contributed by atoms with E-state index < -0.39 is 6.10 Å². The van der Waals surface area contributed by atoms with Gasteiger partial charge < -0.3 is 25.0 Å². The fourth-order valence-electron chi connectivity index (χ4n) is 4.80. The number of para-hydroxylation sites is 1. The van der Waals surface area contributed by atoms with Crippen LogP contribution in [0.4, 0.5) is 5.69 Å². The van der Waals surface area contributed by atoms with Crippen LogP contribution in [-0.2, 0) is 6.42 Å². The van der Waals surface area contributed by atoms with Gasteiger partial charge in [0.1, 0.15) is 5.75 Å². The Balaban J connectivity index is 1.23. The molecule has 0 saturated carbocycles. The zero-order chi connectivity index (χ0) is 22.3. The highest BCUT2D eigenvalue weighted by Gasteiger charge is 2.24. The summed E-state index contributed by atoms with van der Waals surface area (Å²) in [6.07, 6.45) is 4.45. The molecule has 2 aromatic carbocycles. The maximum atomic E-state index is 12.7. The first-order valence-corrected chi connectivity index (χ1v) is 11.8. The van der Waals surface area contributed by atoms with E-state index in [4.69, 9.17) is 4.74 Å². The van der Waals surface area contributed by atoms with E-state index in [0.29, 0.717) is 18.2 Å². The highest BCUT2D eigenvalue weighted by molar-refractivity contribution is 5.94. The fourth-order valence-corrected chi connectivity index (χ4v) is 4.80. The van der Waals surface area contributed by atoms with Crippen molar-refractivity contribution in [2.24, 2.45) is 0 Å². The van der Waals surface area contributed by atoms with E-state index in [2.05, 4.69) is 34.5 Å². The Morgan fingerprint density at radius 1 is 1.06 bits per heavy atom. The first kappa shape index (κ1) is 22.6. The van der Waals surface area contributed by atoms with E-state index in [-0.39, 0.29) is 5.91 Å². The van der Waals surface area contributed by atoms with Gasteiger partial charge >= 0.3 is 0 Å². The van der Waals surface area contributed by atoms with Crippen LogP contribution in [0.15, 0.2) is 48.5 Å². The standard InChI is InChI=1S/C26H35N3O3/c1-32-25-7-3-2-5-20(25)12-15-27-22-13-17-28(18-14-22)23-10-8-21(9-11-23)26(31)29-16-4-6-24(30)19-29/h2-3,5,7-11,22,24,27,30H,4,6,12-19H2,1H3/t24-/m1/s1. The molecular formula is C26H35N3O3. The third-order valence-electron chi connectivity index (χ3n) is 6.68. The Hall–Kier alpha value is -2.57. The summed E-state index contributed by atoms with van der Waals surface area (Å²) in [5, 5.41) is 13.5. The molecule has 2 fully saturated rings. The number of hydrogen-bond acceptors (Lipinski definition) is 5. The molecule has 2 aliphatic heterocycles. The van der Waals surface area contributed by atoms with Crippen LogP contribution in [0.1, 0.15) is 41.6 Å². The van der Waals surface area contributed by atoms with E-state index in [0.717, 1.165) is 64.0 Å². The highest BCUT2D eigenvalue weighted by Crippen LogP contribution is 2.22. The van der Waals surface area contributed by atoms with Gasteiger partial charge in [0.15, 0.2) is 0 Å². The Kier molecular flexibility index (Phi) is 7.66. The van der Waals surface area contributed by atoms with Crippen LogP contribution in [0.2, 0.25) is 0 Å². The van der Waals surface area contributed by atoms with Gasteiger partial charge in [-0.25, -0.2) is 0 Å². The fraction of sp³-hybridized carbons (Fsp3) is 0.500. The van der Waals surface area contributed by atoms with E-state index in [9.17, 15) is 9.90 Å². The molecule has 0 spiro atoms. The summed E-state index contributed by atoms with van der Waals surface area (Å²) in [5.74, 6) is 0.982. The average molecular weight is 438 g/mol. The van der Waals surface area contributed by atoms with Gasteiger partial charge in [0.25, 0.3) is 5.91 Å². The SMILES string of the molecule is COc1ccccc1CCNC1CCN(c2ccc(C(=O)N3CCC[C@@H](O)C3)cc2)CC1. The highest BCUT2D eigenvalue weighted by atomic mass is 16.5. The molecule has 6 nitrogen and oxygen atoms in total. The molecule has 0 aromatic heterocycles. The molecular weight excluding hydrogens is 402 g/mol. The van der Waals surface area contributed by atoms with Gasteiger partial charge in [0.2, 0.25) is 0 Å². The van der Waals surface area contributed by atoms with Gasteiger partial charge in [-0.3, -0.25) is 4.79 Å². The lowest BCUT2D eigenvalue weighted by Crippen LogP contribution is -2.43. The largest absolute Gasteiger partial charge is 0.496 e. The molecule has 32 heavy (non-hydrogen) atoms. The maximum absolute atomic E-state index is 12.7. The number of ether oxygens (including phenoxy) is 1. The zero-order valence-corrected chi connectivity index (χ0v) is 19.0. The lowest BCUT2D eigenvalue weighted by molar-refractivity contribution is 0.0474. The van der Waals surface area contributed by atoms with Crippen molar-refractivity contribution < 1.29 is 14.6 Å². The summed E-state index contributed by atoms with van der Waals surface area (Å²) in [5.41, 5.74) is 3.12. The second-order valence-electron chi connectivity index (χ2n) is 8.87. The number of nitrogens with zero attached hydrogens (tertiary/aromatic N) is 2. The normalized spacial score (nSPS) is 19.8. The molecule has 2 heterocycles. The van der Waals surface area contributed by atoms with Crippen LogP contribution < -0.4 is 15.0 Å². The van der Waals surface area contributed by atoms with Crippen molar-refractivity contribution in [3.05, 3.63) is 59.7 Å². The number of anilines is 1. The summed E-state index contributed by atoms with van der Waals surface area (Å²) in [6.45, 7) is 4.15. The minimum atomic E-state index is -0.392. The van der Waals surface area contributed by atoms with Crippen LogP contribution >= 0.6 is 0 Å². The molecule has 0 aliphatic carbocycles. The predicted octanol–water partition coefficient (Wildman–Crippen LogP) is 3.09. The third-order valence-corrected chi connectivity index (χ3v) is 6.68. The number of likely N-dealkylation sites (tertiary alicyclic amines) is 1. The maximum Gasteiger partial charge on any atom is 0.253 e. The number of rotatable bonds is 7. The number of methoxy groups -OCH3 is 1. The molecule has 1 amide bonds. The molecule has 2 saturated heterocycles. The van der Waals surface area contributed by atoms with Crippen molar-refractivity contribution in [3.8, 4) is 5.75 Å². The number of carbonyl (C=O) groups is 1. The molecule has 2 N–H and O–H groups in total. The Morgan fingerprint density at radius 3 is 2.53 bits per heavy atom. The lowest BCUT2D eigenvalue weighted by Gasteiger charge is -2.34. The summed E-state index contributed by atoms with van der Waals surface area (Å²) in [4.78, 5) is 16.9. The number of benzene rings is 2. The van der Waals surface area contributed by atoms with Crippen molar-refractivity contribution >= 4 is 11.6 Å². The quantitative estimate of drug-likeness (QED) is 0.697. The second-order valence-corrected chi connectivity index (χ2v) is 8.87. The molecule has 1 atom stereocenters. The van der Waals surface area contributed by atoms with E-state index in [1.807, 2.05) is 24.3 Å². The second kappa shape index (κ2) is 10.8. The smallest absolute Gasteiger partial charge is 0.253 e. The van der Waals surface area contributed by atoms with Gasteiger partial charge in [-0.2, -0.15) is 0 Å². The first-order valence-electron chi connectivity index (χ1n) is 11.8. The Morgan fingerprint density at radius 2 is 1.81 bits per heavy atom. The van der Waals surface area contributed by atoms with Gasteiger partial charge in [-0.05, 0) is 74.5 Å². The third kappa shape index (κ3) is 5.61. The minimum Gasteiger partial charge on any atom is -0.496 e. The summed E-state index contributed by atoms with van der Waals surface area (Å²) < 4.78 is 5.44. The van der Waals surface area contributed by atoms with E-state index in [1.54, 1.807) is 12.0 Å². The summed E-state index contributed by atoms with van der Waals surface area (Å²) >= 11 is 0. The molecule has 2 aliphatic rings. The molecule has 0 bridgehead atoms. The molecule has 4 rings (SSSR count). The van der Waals surface area contributed by atoms with Crippen molar-refractivity contribution in [1.82, 2.24) is 10.2 Å². The van der Waals surface area contributed by atoms with Crippen molar-refractivity contribution in [3.63, 3.8) is 0 Å². The number of aliphatic hydroxyl groups excluding tert-OH is 1. The summed E-state index contributed by atoms with van der Waals surface area (Å²) in [7, 11) is 1.72. The number of carbonyl (C=O) groups excluding carboxylic acids is 1. The zero-order valence-electron chi connectivity index (χ0n) is 19.0. The molecule has 172 valence electrons. The van der Waals surface area contributed by atoms with Crippen molar-refractivity contribution in [2.75, 3.05) is 44.7 Å². The van der Waals surface area contributed by atoms with Crippen LogP contribution in [0.3, 0.4) is 0 Å². The summed E-state index contributed by atoms with van der Waals surface area (Å²) in [6, 6.07) is 16.7. The monoisotopic (exact) mass is 437 g/mol. The number of piperidine rings is 2. The topological polar surface area (TPSA) is 65.0 Å². The molecule has 2 aromatic rings. The van der Waals surface area contributed by atoms with Gasteiger partial charge in [-0.1, -0.05) is 18.2 Å². The predicted molar refractivity (Wildman–Crippen MR) is 128 cm³/mol. The molecule has 0 unspecified atom stereocenters. The lowest BCUT2D eigenvalue weighted by atomic mass is 10.0. The first-order chi connectivity index (χ1) is 15.6. The van der Waals surface area contributed by atoms with Crippen molar-refractivity contribution in [1.29, 1.82) is 0 Å². The van der Waals surface area contributed by atoms with Crippen molar-refractivity contribution in [2.45, 2.75) is 44.2 Å². The number of nitrogens with one attached hydrogen (secondary N) is 1. The van der Waals surface area contributed by atoms with E-state index >= 15 is 0 Å². The average Bonchev–Trinajstić information content (AvgIpc) is 2.84. The van der Waals surface area contributed by atoms with Crippen LogP contribution in [0.5, 0.6) is 5.75 Å². The van der Waals surface area contributed by atoms with Gasteiger partial charge in [0.05, 0.1) is 13.2 Å². The Labute approximate surface area is 191 Å². The Bertz CT molecular complexity index is 878. The van der Waals surface area contributed by atoms with Crippen LogP contribution in [0.25, 0.3) is 0 Å².